The van der Waals surface area contributed by atoms with Crippen molar-refractivity contribution in [3.63, 3.8) is 0 Å². The van der Waals surface area contributed by atoms with Crippen molar-refractivity contribution in [1.29, 1.82) is 0 Å². The topological polar surface area (TPSA) is 44.3 Å². The number of nitrogens with zero attached hydrogens (tertiary/aromatic N) is 3. The van der Waals surface area contributed by atoms with E-state index in [-0.39, 0.29) is 5.69 Å². The van der Waals surface area contributed by atoms with E-state index in [1.807, 2.05) is 28.8 Å². The molecule has 0 bridgehead atoms. The lowest BCUT2D eigenvalue weighted by atomic mass is 10.1. The number of para-hydroxylation sites is 2. The highest BCUT2D eigenvalue weighted by atomic mass is 16.1. The number of aromatic amines is 1. The molecule has 0 radical (unpaired) electrons. The summed E-state index contributed by atoms with van der Waals surface area (Å²) in [7, 11) is 0. The minimum atomic E-state index is -0.0000908. The molecule has 1 saturated heterocycles. The lowest BCUT2D eigenvalue weighted by Crippen LogP contribution is -2.46. The molecular weight excluding hydrogens is 372 g/mol. The summed E-state index contributed by atoms with van der Waals surface area (Å²) in [6.45, 7) is 6.19. The Balaban J connectivity index is 1.13. The van der Waals surface area contributed by atoms with E-state index in [0.29, 0.717) is 0 Å². The summed E-state index contributed by atoms with van der Waals surface area (Å²) in [5, 5.41) is 2.66. The van der Waals surface area contributed by atoms with Crippen molar-refractivity contribution in [2.24, 2.45) is 0 Å². The molecule has 0 spiro atoms. The maximum Gasteiger partial charge on any atom is 0.326 e. The molecule has 0 amide bonds. The number of unbranched alkanes of at least 4 members (excludes halogenated alkanes) is 1. The molecule has 2 heterocycles. The van der Waals surface area contributed by atoms with Crippen molar-refractivity contribution in [3.8, 4) is 0 Å². The quantitative estimate of drug-likeness (QED) is 0.496. The second-order valence-electron chi connectivity index (χ2n) is 8.13. The SMILES string of the molecule is O=c1[nH]c2ccccc2n1CCCCN1CCN(c2cccc3ccccc23)CC1. The van der Waals surface area contributed by atoms with Gasteiger partial charge in [-0.05, 0) is 43.0 Å². The summed E-state index contributed by atoms with van der Waals surface area (Å²) in [4.78, 5) is 20.2. The van der Waals surface area contributed by atoms with Gasteiger partial charge in [-0.1, -0.05) is 48.5 Å². The fourth-order valence-electron chi connectivity index (χ4n) is 4.63. The number of piperazine rings is 1. The van der Waals surface area contributed by atoms with Crippen molar-refractivity contribution >= 4 is 27.5 Å². The molecule has 3 aromatic carbocycles. The number of benzene rings is 3. The van der Waals surface area contributed by atoms with E-state index >= 15 is 0 Å². The van der Waals surface area contributed by atoms with Gasteiger partial charge in [0, 0.05) is 43.8 Å². The zero-order valence-electron chi connectivity index (χ0n) is 17.3. The second-order valence-corrected chi connectivity index (χ2v) is 8.13. The number of anilines is 1. The van der Waals surface area contributed by atoms with Gasteiger partial charge < -0.3 is 9.88 Å². The number of aromatic nitrogens is 2. The zero-order valence-corrected chi connectivity index (χ0v) is 17.3. The zero-order chi connectivity index (χ0) is 20.3. The van der Waals surface area contributed by atoms with Gasteiger partial charge in [-0.2, -0.15) is 0 Å². The predicted molar refractivity (Wildman–Crippen MR) is 124 cm³/mol. The van der Waals surface area contributed by atoms with Crippen molar-refractivity contribution in [1.82, 2.24) is 14.5 Å². The number of fused-ring (bicyclic) bond motifs is 2. The third-order valence-corrected chi connectivity index (χ3v) is 6.27. The molecule has 0 atom stereocenters. The summed E-state index contributed by atoms with van der Waals surface area (Å²) in [5.74, 6) is 0. The lowest BCUT2D eigenvalue weighted by Gasteiger charge is -2.36. The first-order chi connectivity index (χ1) is 14.8. The highest BCUT2D eigenvalue weighted by molar-refractivity contribution is 5.94. The van der Waals surface area contributed by atoms with Crippen molar-refractivity contribution in [2.45, 2.75) is 19.4 Å². The number of rotatable bonds is 6. The molecule has 5 rings (SSSR count). The average molecular weight is 401 g/mol. The summed E-state index contributed by atoms with van der Waals surface area (Å²) >= 11 is 0. The summed E-state index contributed by atoms with van der Waals surface area (Å²) < 4.78 is 1.87. The van der Waals surface area contributed by atoms with Gasteiger partial charge >= 0.3 is 5.69 Å². The summed E-state index contributed by atoms with van der Waals surface area (Å²) in [5.41, 5.74) is 3.28. The van der Waals surface area contributed by atoms with Crippen LogP contribution in [0.25, 0.3) is 21.8 Å². The van der Waals surface area contributed by atoms with Gasteiger partial charge in [0.15, 0.2) is 0 Å². The summed E-state index contributed by atoms with van der Waals surface area (Å²) in [6, 6.07) is 23.2. The summed E-state index contributed by atoms with van der Waals surface area (Å²) in [6.07, 6.45) is 2.13. The molecule has 4 aromatic rings. The smallest absolute Gasteiger partial charge is 0.326 e. The average Bonchev–Trinajstić information content (AvgIpc) is 3.12. The van der Waals surface area contributed by atoms with Crippen LogP contribution >= 0.6 is 0 Å². The fraction of sp³-hybridized carbons (Fsp3) is 0.320. The molecule has 1 aromatic heterocycles. The Labute approximate surface area is 176 Å². The fourth-order valence-corrected chi connectivity index (χ4v) is 4.63. The van der Waals surface area contributed by atoms with Crippen LogP contribution in [0.3, 0.4) is 0 Å². The molecule has 1 aliphatic rings. The van der Waals surface area contributed by atoms with Gasteiger partial charge in [0.05, 0.1) is 11.0 Å². The Morgan fingerprint density at radius 3 is 2.40 bits per heavy atom. The number of hydrogen-bond acceptors (Lipinski definition) is 3. The molecule has 30 heavy (non-hydrogen) atoms. The van der Waals surface area contributed by atoms with Crippen LogP contribution in [0.5, 0.6) is 0 Å². The molecule has 5 nitrogen and oxygen atoms in total. The van der Waals surface area contributed by atoms with Gasteiger partial charge in [0.25, 0.3) is 0 Å². The molecule has 154 valence electrons. The first-order valence-electron chi connectivity index (χ1n) is 10.9. The van der Waals surface area contributed by atoms with Crippen molar-refractivity contribution in [2.75, 3.05) is 37.6 Å². The normalized spacial score (nSPS) is 15.3. The van der Waals surface area contributed by atoms with E-state index in [9.17, 15) is 4.79 Å². The first kappa shape index (κ1) is 18.9. The van der Waals surface area contributed by atoms with E-state index in [4.69, 9.17) is 0 Å². The third-order valence-electron chi connectivity index (χ3n) is 6.27. The monoisotopic (exact) mass is 400 g/mol. The van der Waals surface area contributed by atoms with Gasteiger partial charge in [-0.15, -0.1) is 0 Å². The van der Waals surface area contributed by atoms with Gasteiger partial charge in [0.2, 0.25) is 0 Å². The Kier molecular flexibility index (Phi) is 5.28. The Bertz CT molecular complexity index is 1200. The highest BCUT2D eigenvalue weighted by Gasteiger charge is 2.18. The molecule has 0 unspecified atom stereocenters. The van der Waals surface area contributed by atoms with Crippen LogP contribution in [0.2, 0.25) is 0 Å². The number of imidazole rings is 1. The van der Waals surface area contributed by atoms with E-state index in [2.05, 4.69) is 57.2 Å². The number of nitrogens with one attached hydrogen (secondary N) is 1. The molecular formula is C25H28N4O. The number of hydrogen-bond donors (Lipinski definition) is 1. The molecule has 0 aliphatic carbocycles. The second kappa shape index (κ2) is 8.36. The minimum absolute atomic E-state index is 0.0000908. The van der Waals surface area contributed by atoms with Crippen LogP contribution < -0.4 is 10.6 Å². The van der Waals surface area contributed by atoms with Crippen LogP contribution in [0.4, 0.5) is 5.69 Å². The maximum absolute atomic E-state index is 12.2. The highest BCUT2D eigenvalue weighted by Crippen LogP contribution is 2.27. The molecule has 1 N–H and O–H groups in total. The van der Waals surface area contributed by atoms with Gasteiger partial charge in [0.1, 0.15) is 0 Å². The standard InChI is InChI=1S/C25H28N4O/c30-25-26-22-11-3-4-12-24(22)29(25)15-6-5-14-27-16-18-28(19-17-27)23-13-7-9-20-8-1-2-10-21(20)23/h1-4,7-13H,5-6,14-19H2,(H,26,30). The van der Waals surface area contributed by atoms with Crippen LogP contribution in [-0.2, 0) is 6.54 Å². The Morgan fingerprint density at radius 1 is 0.767 bits per heavy atom. The molecule has 1 aliphatic heterocycles. The maximum atomic E-state index is 12.2. The van der Waals surface area contributed by atoms with Crippen LogP contribution in [-0.4, -0.2) is 47.2 Å². The van der Waals surface area contributed by atoms with Crippen LogP contribution in [0.15, 0.2) is 71.5 Å². The number of H-pyrrole nitrogens is 1. The van der Waals surface area contributed by atoms with Crippen molar-refractivity contribution in [3.05, 3.63) is 77.2 Å². The Hall–Kier alpha value is -3.05. The van der Waals surface area contributed by atoms with Crippen LogP contribution in [0, 0.1) is 0 Å². The van der Waals surface area contributed by atoms with E-state index in [0.717, 1.165) is 63.1 Å². The van der Waals surface area contributed by atoms with E-state index in [1.165, 1.54) is 16.5 Å². The van der Waals surface area contributed by atoms with E-state index in [1.54, 1.807) is 0 Å². The molecule has 0 saturated carbocycles. The largest absolute Gasteiger partial charge is 0.368 e. The Morgan fingerprint density at radius 2 is 1.50 bits per heavy atom. The third kappa shape index (κ3) is 3.73. The molecule has 5 heteroatoms. The molecule has 1 fully saturated rings. The number of aryl methyl sites for hydroxylation is 1. The van der Waals surface area contributed by atoms with E-state index < -0.39 is 0 Å². The van der Waals surface area contributed by atoms with Crippen LogP contribution in [0.1, 0.15) is 12.8 Å². The predicted octanol–water partition coefficient (Wildman–Crippen LogP) is 4.09. The van der Waals surface area contributed by atoms with Gasteiger partial charge in [-0.3, -0.25) is 9.47 Å². The van der Waals surface area contributed by atoms with Gasteiger partial charge in [-0.25, -0.2) is 4.79 Å². The first-order valence-corrected chi connectivity index (χ1v) is 10.9. The van der Waals surface area contributed by atoms with Crippen molar-refractivity contribution < 1.29 is 0 Å². The minimum Gasteiger partial charge on any atom is -0.368 e. The lowest BCUT2D eigenvalue weighted by molar-refractivity contribution is 0.251.